The maximum Gasteiger partial charge on any atom is 0.108 e. The number of unbranched alkanes of at least 4 members (excludes halogenated alkanes) is 2. The molecule has 0 radical (unpaired) electrons. The molecule has 0 atom stereocenters. The summed E-state index contributed by atoms with van der Waals surface area (Å²) in [5.41, 5.74) is 0. The Morgan fingerprint density at radius 1 is 1.45 bits per heavy atom. The Labute approximate surface area is 66.9 Å². The van der Waals surface area contributed by atoms with Gasteiger partial charge in [-0.15, -0.1) is 6.42 Å². The first-order valence-electron chi connectivity index (χ1n) is 3.72. The van der Waals surface area contributed by atoms with Crippen LogP contribution in [0.25, 0.3) is 0 Å². The van der Waals surface area contributed by atoms with E-state index in [1.54, 1.807) is 0 Å². The molecule has 0 spiro atoms. The van der Waals surface area contributed by atoms with Gasteiger partial charge >= 0.3 is 0 Å². The van der Waals surface area contributed by atoms with E-state index in [0.29, 0.717) is 6.42 Å². The van der Waals surface area contributed by atoms with E-state index in [9.17, 15) is 4.39 Å². The van der Waals surface area contributed by atoms with Crippen molar-refractivity contribution in [1.29, 1.82) is 0 Å². The van der Waals surface area contributed by atoms with Gasteiger partial charge in [0.15, 0.2) is 0 Å². The molecule has 0 aliphatic rings. The van der Waals surface area contributed by atoms with Crippen molar-refractivity contribution >= 4 is 0 Å². The summed E-state index contributed by atoms with van der Waals surface area (Å²) in [5, 5.41) is 8.39. The molecule has 0 aliphatic carbocycles. The Morgan fingerprint density at radius 3 is 2.73 bits per heavy atom. The van der Waals surface area contributed by atoms with Gasteiger partial charge in [-0.3, -0.25) is 0 Å². The van der Waals surface area contributed by atoms with Crippen molar-refractivity contribution in [3.8, 4) is 12.3 Å². The average Bonchev–Trinajstić information content (AvgIpc) is 1.99. The van der Waals surface area contributed by atoms with E-state index in [2.05, 4.69) is 5.92 Å². The van der Waals surface area contributed by atoms with Crippen molar-refractivity contribution in [2.45, 2.75) is 25.7 Å². The zero-order valence-electron chi connectivity index (χ0n) is 6.52. The van der Waals surface area contributed by atoms with Crippen LogP contribution in [0.2, 0.25) is 0 Å². The molecule has 1 nitrogen and oxygen atoms in total. The molecule has 0 amide bonds. The molecular formula is C9H13FO. The summed E-state index contributed by atoms with van der Waals surface area (Å²) in [7, 11) is 0. The lowest BCUT2D eigenvalue weighted by Gasteiger charge is -1.95. The van der Waals surface area contributed by atoms with Gasteiger partial charge in [-0.1, -0.05) is 12.3 Å². The minimum atomic E-state index is -0.245. The fourth-order valence-electron chi connectivity index (χ4n) is 0.745. The standard InChI is InChI=1S/C9H13FO/c1-2-6-9(10)7-4-3-5-8-11/h1,6,11H,3-5,7-8H2/b9-6+. The van der Waals surface area contributed by atoms with E-state index in [1.807, 2.05) is 0 Å². The molecule has 0 saturated heterocycles. The van der Waals surface area contributed by atoms with Gasteiger partial charge < -0.3 is 5.11 Å². The molecule has 1 N–H and O–H groups in total. The van der Waals surface area contributed by atoms with Crippen LogP contribution in [-0.2, 0) is 0 Å². The SMILES string of the molecule is C#C/C=C(/F)CCCCCO. The summed E-state index contributed by atoms with van der Waals surface area (Å²) >= 11 is 0. The van der Waals surface area contributed by atoms with E-state index in [1.165, 1.54) is 0 Å². The van der Waals surface area contributed by atoms with E-state index in [0.717, 1.165) is 25.3 Å². The smallest absolute Gasteiger partial charge is 0.108 e. The summed E-state index contributed by atoms with van der Waals surface area (Å²) in [6.07, 6.45) is 8.73. The van der Waals surface area contributed by atoms with Crippen LogP contribution in [0.15, 0.2) is 11.9 Å². The van der Waals surface area contributed by atoms with E-state index in [4.69, 9.17) is 11.5 Å². The highest BCUT2D eigenvalue weighted by Crippen LogP contribution is 2.08. The van der Waals surface area contributed by atoms with Gasteiger partial charge in [-0.05, 0) is 19.3 Å². The second kappa shape index (κ2) is 7.30. The number of rotatable bonds is 5. The van der Waals surface area contributed by atoms with Gasteiger partial charge in [0.2, 0.25) is 0 Å². The van der Waals surface area contributed by atoms with E-state index in [-0.39, 0.29) is 12.4 Å². The van der Waals surface area contributed by atoms with Crippen molar-refractivity contribution < 1.29 is 9.50 Å². The molecule has 2 heteroatoms. The Balaban J connectivity index is 3.26. The van der Waals surface area contributed by atoms with E-state index < -0.39 is 0 Å². The number of hydrogen-bond donors (Lipinski definition) is 1. The fraction of sp³-hybridized carbons (Fsp3) is 0.556. The first-order chi connectivity index (χ1) is 5.31. The normalized spacial score (nSPS) is 11.2. The molecule has 0 fully saturated rings. The maximum absolute atomic E-state index is 12.5. The molecule has 0 aromatic rings. The molecule has 0 aromatic carbocycles. The van der Waals surface area contributed by atoms with Crippen LogP contribution >= 0.6 is 0 Å². The van der Waals surface area contributed by atoms with Crippen molar-refractivity contribution in [2.24, 2.45) is 0 Å². The third-order valence-corrected chi connectivity index (χ3v) is 1.31. The minimum Gasteiger partial charge on any atom is -0.396 e. The summed E-state index contributed by atoms with van der Waals surface area (Å²) < 4.78 is 12.5. The highest BCUT2D eigenvalue weighted by atomic mass is 19.1. The van der Waals surface area contributed by atoms with Gasteiger partial charge in [-0.25, -0.2) is 4.39 Å². The second-order valence-corrected chi connectivity index (χ2v) is 2.29. The monoisotopic (exact) mass is 156 g/mol. The molecule has 62 valence electrons. The Bertz CT molecular complexity index is 155. The number of hydrogen-bond acceptors (Lipinski definition) is 1. The summed E-state index contributed by atoms with van der Waals surface area (Å²) in [4.78, 5) is 0. The molecule has 0 aromatic heterocycles. The first-order valence-corrected chi connectivity index (χ1v) is 3.72. The average molecular weight is 156 g/mol. The lowest BCUT2D eigenvalue weighted by molar-refractivity contribution is 0.282. The number of aliphatic hydroxyl groups excluding tert-OH is 1. The molecule has 0 aliphatic heterocycles. The third-order valence-electron chi connectivity index (χ3n) is 1.31. The predicted molar refractivity (Wildman–Crippen MR) is 43.6 cm³/mol. The fourth-order valence-corrected chi connectivity index (χ4v) is 0.745. The second-order valence-electron chi connectivity index (χ2n) is 2.29. The molecular weight excluding hydrogens is 143 g/mol. The van der Waals surface area contributed by atoms with Crippen LogP contribution < -0.4 is 0 Å². The Morgan fingerprint density at radius 2 is 2.18 bits per heavy atom. The van der Waals surface area contributed by atoms with Gasteiger partial charge in [0, 0.05) is 12.7 Å². The molecule has 0 unspecified atom stereocenters. The van der Waals surface area contributed by atoms with Crippen molar-refractivity contribution in [2.75, 3.05) is 6.61 Å². The van der Waals surface area contributed by atoms with Crippen LogP contribution in [0.4, 0.5) is 4.39 Å². The quantitative estimate of drug-likeness (QED) is 0.477. The number of allylic oxidation sites excluding steroid dienone is 2. The van der Waals surface area contributed by atoms with Gasteiger partial charge in [0.25, 0.3) is 0 Å². The lowest BCUT2D eigenvalue weighted by Crippen LogP contribution is -1.83. The van der Waals surface area contributed by atoms with Crippen LogP contribution in [0, 0.1) is 12.3 Å². The van der Waals surface area contributed by atoms with Gasteiger partial charge in [0.1, 0.15) is 5.83 Å². The molecule has 0 saturated carbocycles. The molecule has 0 rings (SSSR count). The highest BCUT2D eigenvalue weighted by molar-refractivity contribution is 5.12. The Kier molecular flexibility index (Phi) is 6.76. The topological polar surface area (TPSA) is 20.2 Å². The lowest BCUT2D eigenvalue weighted by atomic mass is 10.2. The first kappa shape index (κ1) is 10.2. The number of terminal acetylenes is 1. The predicted octanol–water partition coefficient (Wildman–Crippen LogP) is 2.03. The number of aliphatic hydroxyl groups is 1. The molecule has 0 heterocycles. The molecule has 0 bridgehead atoms. The summed E-state index contributed by atoms with van der Waals surface area (Å²) in [6, 6.07) is 0. The van der Waals surface area contributed by atoms with Crippen molar-refractivity contribution in [1.82, 2.24) is 0 Å². The zero-order valence-corrected chi connectivity index (χ0v) is 6.52. The molecule has 11 heavy (non-hydrogen) atoms. The minimum absolute atomic E-state index is 0.181. The van der Waals surface area contributed by atoms with Gasteiger partial charge in [-0.2, -0.15) is 0 Å². The van der Waals surface area contributed by atoms with Gasteiger partial charge in [0.05, 0.1) is 0 Å². The third kappa shape index (κ3) is 7.08. The van der Waals surface area contributed by atoms with Crippen LogP contribution in [0.5, 0.6) is 0 Å². The van der Waals surface area contributed by atoms with Crippen molar-refractivity contribution in [3.05, 3.63) is 11.9 Å². The van der Waals surface area contributed by atoms with E-state index >= 15 is 0 Å². The van der Waals surface area contributed by atoms with Crippen molar-refractivity contribution in [3.63, 3.8) is 0 Å². The van der Waals surface area contributed by atoms with Crippen LogP contribution in [0.3, 0.4) is 0 Å². The Hall–Kier alpha value is -0.810. The van der Waals surface area contributed by atoms with Crippen LogP contribution in [0.1, 0.15) is 25.7 Å². The van der Waals surface area contributed by atoms with Crippen LogP contribution in [-0.4, -0.2) is 11.7 Å². The highest BCUT2D eigenvalue weighted by Gasteiger charge is 1.93. The number of halogens is 1. The maximum atomic E-state index is 12.5. The summed E-state index contributed by atoms with van der Waals surface area (Å²) in [5.74, 6) is 1.88. The summed E-state index contributed by atoms with van der Waals surface area (Å²) in [6.45, 7) is 0.181. The largest absolute Gasteiger partial charge is 0.396 e. The zero-order chi connectivity index (χ0) is 8.53.